The molecule has 0 aromatic heterocycles. The highest BCUT2D eigenvalue weighted by Gasteiger charge is 2.09. The normalized spacial score (nSPS) is 14.9. The highest BCUT2D eigenvalue weighted by Crippen LogP contribution is 2.14. The van der Waals surface area contributed by atoms with Crippen LogP contribution in [0.1, 0.15) is 61.7 Å². The number of rotatable bonds is 6. The summed E-state index contributed by atoms with van der Waals surface area (Å²) in [6.07, 6.45) is 9.51. The molecule has 7 N–H and O–H groups in total. The molecule has 2 rings (SSSR count). The summed E-state index contributed by atoms with van der Waals surface area (Å²) >= 11 is 0. The van der Waals surface area contributed by atoms with Crippen molar-refractivity contribution in [3.8, 4) is 0 Å². The second-order valence-electron chi connectivity index (χ2n) is 6.30. The maximum atomic E-state index is 12.1. The van der Waals surface area contributed by atoms with Crippen LogP contribution in [0.4, 0.5) is 4.39 Å². The Hall–Kier alpha value is -1.83. The first-order chi connectivity index (χ1) is 12.4. The quantitative estimate of drug-likeness (QED) is 0.450. The van der Waals surface area contributed by atoms with Crippen molar-refractivity contribution in [2.45, 2.75) is 63.5 Å². The van der Waals surface area contributed by atoms with Crippen molar-refractivity contribution in [2.24, 2.45) is 17.2 Å². The van der Waals surface area contributed by atoms with E-state index in [1.807, 2.05) is 0 Å². The second-order valence-corrected chi connectivity index (χ2v) is 6.30. The zero-order valence-corrected chi connectivity index (χ0v) is 15.3. The zero-order valence-electron chi connectivity index (χ0n) is 15.3. The van der Waals surface area contributed by atoms with Gasteiger partial charge in [0.25, 0.3) is 0 Å². The van der Waals surface area contributed by atoms with Crippen LogP contribution < -0.4 is 17.2 Å². The molecule has 1 atom stereocenters. The van der Waals surface area contributed by atoms with E-state index in [-0.39, 0.29) is 5.82 Å². The molecule has 0 spiro atoms. The molecule has 0 saturated heterocycles. The van der Waals surface area contributed by atoms with Crippen LogP contribution in [0.2, 0.25) is 0 Å². The lowest BCUT2D eigenvalue weighted by molar-refractivity contribution is -0.138. The van der Waals surface area contributed by atoms with Crippen LogP contribution in [0.5, 0.6) is 0 Å². The number of nitrogens with two attached hydrogens (primary N) is 3. The van der Waals surface area contributed by atoms with Crippen LogP contribution in [-0.2, 0) is 4.79 Å². The number of carboxylic acids is 1. The van der Waals surface area contributed by atoms with E-state index in [0.717, 1.165) is 12.8 Å². The van der Waals surface area contributed by atoms with Gasteiger partial charge in [0, 0.05) is 11.6 Å². The number of halogens is 1. The lowest BCUT2D eigenvalue weighted by atomic mass is 9.97. The van der Waals surface area contributed by atoms with Gasteiger partial charge < -0.3 is 22.3 Å². The minimum absolute atomic E-state index is 0.319. The average molecular weight is 369 g/mol. The van der Waals surface area contributed by atoms with Crippen LogP contribution in [-0.4, -0.2) is 36.0 Å². The summed E-state index contributed by atoms with van der Waals surface area (Å²) in [5.74, 6) is -1.25. The van der Waals surface area contributed by atoms with Gasteiger partial charge in [-0.2, -0.15) is 0 Å². The molecule has 0 radical (unpaired) electrons. The molecule has 1 unspecified atom stereocenters. The molecule has 26 heavy (non-hydrogen) atoms. The first kappa shape index (κ1) is 24.2. The van der Waals surface area contributed by atoms with E-state index in [0.29, 0.717) is 30.9 Å². The van der Waals surface area contributed by atoms with Crippen molar-refractivity contribution < 1.29 is 19.1 Å². The summed E-state index contributed by atoms with van der Waals surface area (Å²) in [6, 6.07) is 5.19. The van der Waals surface area contributed by atoms with Gasteiger partial charge in [-0.1, -0.05) is 25.7 Å². The molecule has 0 aliphatic heterocycles. The number of aliphatic carboxylic acids is 1. The van der Waals surface area contributed by atoms with Gasteiger partial charge in [-0.15, -0.1) is 0 Å². The third-order valence-corrected chi connectivity index (χ3v) is 3.94. The lowest BCUT2D eigenvalue weighted by Crippen LogP contribution is -2.29. The Kier molecular flexibility index (Phi) is 14.3. The van der Waals surface area contributed by atoms with Gasteiger partial charge in [0.1, 0.15) is 18.1 Å². The largest absolute Gasteiger partial charge is 0.480 e. The number of carbonyl (C=O) groups is 2. The predicted molar refractivity (Wildman–Crippen MR) is 101 cm³/mol. The highest BCUT2D eigenvalue weighted by molar-refractivity contribution is 5.74. The van der Waals surface area contributed by atoms with Crippen LogP contribution in [0.3, 0.4) is 0 Å². The van der Waals surface area contributed by atoms with E-state index in [9.17, 15) is 14.0 Å². The Morgan fingerprint density at radius 2 is 1.77 bits per heavy atom. The van der Waals surface area contributed by atoms with Gasteiger partial charge in [0.2, 0.25) is 0 Å². The van der Waals surface area contributed by atoms with Crippen molar-refractivity contribution in [2.75, 3.05) is 6.54 Å². The van der Waals surface area contributed by atoms with E-state index in [1.165, 1.54) is 56.4 Å². The van der Waals surface area contributed by atoms with E-state index in [2.05, 4.69) is 0 Å². The second kappa shape index (κ2) is 15.4. The SMILES string of the molecule is NC1CCCCC1.NCCCCC(N)C(=O)O.O=Cc1ccc(F)cc1. The standard InChI is InChI=1S/C7H5FO.C6H14N2O2.C6H13N/c8-7-3-1-6(5-9)2-4-7;7-4-2-1-3-5(8)6(9)10;7-6-4-2-1-3-5-6/h1-5H;5H,1-4,7-8H2,(H,9,10);6H,1-5,7H2. The number of hydrogen-bond donors (Lipinski definition) is 4. The van der Waals surface area contributed by atoms with Crippen molar-refractivity contribution in [1.82, 2.24) is 0 Å². The average Bonchev–Trinajstić information content (AvgIpc) is 2.64. The molecule has 148 valence electrons. The summed E-state index contributed by atoms with van der Waals surface area (Å²) in [6.45, 7) is 0.604. The minimum Gasteiger partial charge on any atom is -0.480 e. The van der Waals surface area contributed by atoms with Crippen molar-refractivity contribution in [1.29, 1.82) is 0 Å². The molecular formula is C19H32FN3O3. The van der Waals surface area contributed by atoms with Gasteiger partial charge in [-0.25, -0.2) is 4.39 Å². The molecule has 6 nitrogen and oxygen atoms in total. The van der Waals surface area contributed by atoms with Gasteiger partial charge in [0.05, 0.1) is 0 Å². The smallest absolute Gasteiger partial charge is 0.320 e. The first-order valence-corrected chi connectivity index (χ1v) is 9.05. The number of carboxylic acid groups (broad SMARTS) is 1. The highest BCUT2D eigenvalue weighted by atomic mass is 19.1. The van der Waals surface area contributed by atoms with Crippen molar-refractivity contribution >= 4 is 12.3 Å². The van der Waals surface area contributed by atoms with E-state index in [4.69, 9.17) is 22.3 Å². The fourth-order valence-electron chi connectivity index (χ4n) is 2.31. The van der Waals surface area contributed by atoms with E-state index >= 15 is 0 Å². The Labute approximate surface area is 154 Å². The Morgan fingerprint density at radius 1 is 1.19 bits per heavy atom. The lowest BCUT2D eigenvalue weighted by Gasteiger charge is -2.15. The third kappa shape index (κ3) is 13.5. The molecule has 1 aliphatic rings. The van der Waals surface area contributed by atoms with Gasteiger partial charge in [-0.05, 0) is 56.5 Å². The Bertz CT molecular complexity index is 491. The number of carbonyl (C=O) groups excluding carboxylic acids is 1. The Morgan fingerprint density at radius 3 is 2.15 bits per heavy atom. The van der Waals surface area contributed by atoms with Crippen LogP contribution in [0.25, 0.3) is 0 Å². The number of unbranched alkanes of at least 4 members (excludes halogenated alkanes) is 1. The number of aldehydes is 1. The number of benzene rings is 1. The molecule has 1 aromatic rings. The molecule has 0 amide bonds. The topological polar surface area (TPSA) is 132 Å². The molecule has 1 saturated carbocycles. The summed E-state index contributed by atoms with van der Waals surface area (Å²) in [5, 5.41) is 8.33. The molecule has 1 aromatic carbocycles. The fourth-order valence-corrected chi connectivity index (χ4v) is 2.31. The monoisotopic (exact) mass is 369 g/mol. The van der Waals surface area contributed by atoms with Crippen molar-refractivity contribution in [3.05, 3.63) is 35.6 Å². The molecule has 1 aliphatic carbocycles. The predicted octanol–water partition coefficient (Wildman–Crippen LogP) is 2.44. The minimum atomic E-state index is -0.933. The van der Waals surface area contributed by atoms with Crippen LogP contribution >= 0.6 is 0 Å². The molecule has 7 heteroatoms. The van der Waals surface area contributed by atoms with Crippen LogP contribution in [0, 0.1) is 5.82 Å². The molecule has 0 bridgehead atoms. The van der Waals surface area contributed by atoms with Gasteiger partial charge in [-0.3, -0.25) is 9.59 Å². The zero-order chi connectivity index (χ0) is 19.8. The summed E-state index contributed by atoms with van der Waals surface area (Å²) in [4.78, 5) is 20.1. The van der Waals surface area contributed by atoms with E-state index in [1.54, 1.807) is 0 Å². The van der Waals surface area contributed by atoms with Gasteiger partial charge >= 0.3 is 5.97 Å². The summed E-state index contributed by atoms with van der Waals surface area (Å²) < 4.78 is 12.1. The maximum Gasteiger partial charge on any atom is 0.320 e. The maximum absolute atomic E-state index is 12.1. The molecular weight excluding hydrogens is 337 g/mol. The third-order valence-electron chi connectivity index (χ3n) is 3.94. The first-order valence-electron chi connectivity index (χ1n) is 9.05. The Balaban J connectivity index is 0.000000365. The summed E-state index contributed by atoms with van der Waals surface area (Å²) in [7, 11) is 0. The van der Waals surface area contributed by atoms with Crippen molar-refractivity contribution in [3.63, 3.8) is 0 Å². The summed E-state index contributed by atoms with van der Waals surface area (Å²) in [5.41, 5.74) is 16.6. The van der Waals surface area contributed by atoms with Gasteiger partial charge in [0.15, 0.2) is 0 Å². The van der Waals surface area contributed by atoms with Crippen LogP contribution in [0.15, 0.2) is 24.3 Å². The van der Waals surface area contributed by atoms with E-state index < -0.39 is 12.0 Å². The molecule has 1 fully saturated rings. The number of hydrogen-bond acceptors (Lipinski definition) is 5. The molecule has 0 heterocycles. The fraction of sp³-hybridized carbons (Fsp3) is 0.579.